The molecule has 2 aromatic carbocycles. The van der Waals surface area contributed by atoms with Crippen LogP contribution in [0.4, 0.5) is 5.69 Å². The van der Waals surface area contributed by atoms with E-state index in [1.54, 1.807) is 31.4 Å². The van der Waals surface area contributed by atoms with Gasteiger partial charge in [0.15, 0.2) is 0 Å². The fourth-order valence-corrected chi connectivity index (χ4v) is 4.15. The maximum Gasteiger partial charge on any atom is 0.251 e. The first-order valence-electron chi connectivity index (χ1n) is 10.2. The van der Waals surface area contributed by atoms with Gasteiger partial charge in [0, 0.05) is 12.6 Å². The van der Waals surface area contributed by atoms with Gasteiger partial charge in [0.1, 0.15) is 5.75 Å². The Labute approximate surface area is 171 Å². The number of hydrogen-bond donors (Lipinski definition) is 1. The van der Waals surface area contributed by atoms with Crippen LogP contribution >= 0.6 is 0 Å². The van der Waals surface area contributed by atoms with Crippen LogP contribution in [0.2, 0.25) is 0 Å². The first-order chi connectivity index (χ1) is 14.1. The smallest absolute Gasteiger partial charge is 0.251 e. The van der Waals surface area contributed by atoms with Crippen LogP contribution in [0.25, 0.3) is 0 Å². The molecular weight excluding hydrogens is 366 g/mol. The van der Waals surface area contributed by atoms with Crippen molar-refractivity contribution >= 4 is 17.5 Å². The molecule has 152 valence electrons. The monoisotopic (exact) mass is 393 g/mol. The van der Waals surface area contributed by atoms with Crippen LogP contribution in [0.3, 0.4) is 0 Å². The quantitative estimate of drug-likeness (QED) is 0.765. The molecule has 6 heteroatoms. The molecule has 0 aliphatic carbocycles. The summed E-state index contributed by atoms with van der Waals surface area (Å²) >= 11 is 0. The minimum absolute atomic E-state index is 0.154. The van der Waals surface area contributed by atoms with Gasteiger partial charge in [-0.3, -0.25) is 14.5 Å². The summed E-state index contributed by atoms with van der Waals surface area (Å²) in [5.74, 6) is 0.385. The van der Waals surface area contributed by atoms with E-state index in [1.165, 1.54) is 10.5 Å². The van der Waals surface area contributed by atoms with Crippen molar-refractivity contribution in [2.45, 2.75) is 37.9 Å². The third kappa shape index (κ3) is 4.49. The van der Waals surface area contributed by atoms with Crippen LogP contribution < -0.4 is 15.0 Å². The van der Waals surface area contributed by atoms with Crippen molar-refractivity contribution in [2.24, 2.45) is 0 Å². The van der Waals surface area contributed by atoms with Crippen LogP contribution in [0.15, 0.2) is 54.6 Å². The zero-order chi connectivity index (χ0) is 20.2. The van der Waals surface area contributed by atoms with E-state index in [2.05, 4.69) is 34.5 Å². The summed E-state index contributed by atoms with van der Waals surface area (Å²) in [5.41, 5.74) is 1.92. The van der Waals surface area contributed by atoms with Gasteiger partial charge in [-0.2, -0.15) is 0 Å². The number of nitrogens with one attached hydrogen (secondary N) is 1. The van der Waals surface area contributed by atoms with Gasteiger partial charge in [0.25, 0.3) is 5.91 Å². The van der Waals surface area contributed by atoms with Crippen molar-refractivity contribution in [1.82, 2.24) is 10.2 Å². The normalized spacial score (nSPS) is 21.0. The molecule has 0 unspecified atom stereocenters. The molecular formula is C23H27N3O3. The molecule has 0 radical (unpaired) electrons. The number of imide groups is 1. The van der Waals surface area contributed by atoms with Gasteiger partial charge in [0.2, 0.25) is 5.91 Å². The first kappa shape index (κ1) is 19.6. The van der Waals surface area contributed by atoms with Crippen molar-refractivity contribution in [3.63, 3.8) is 0 Å². The molecule has 2 heterocycles. The van der Waals surface area contributed by atoms with E-state index in [-0.39, 0.29) is 24.3 Å². The predicted octanol–water partition coefficient (Wildman–Crippen LogP) is 2.58. The molecule has 1 atom stereocenters. The van der Waals surface area contributed by atoms with E-state index in [1.807, 2.05) is 6.07 Å². The number of benzene rings is 2. The van der Waals surface area contributed by atoms with Crippen LogP contribution in [0, 0.1) is 0 Å². The molecule has 0 bridgehead atoms. The van der Waals surface area contributed by atoms with Crippen LogP contribution in [-0.4, -0.2) is 49.0 Å². The van der Waals surface area contributed by atoms with Crippen LogP contribution in [0.5, 0.6) is 5.75 Å². The van der Waals surface area contributed by atoms with E-state index in [4.69, 9.17) is 4.74 Å². The van der Waals surface area contributed by atoms with Gasteiger partial charge in [0.05, 0.1) is 25.3 Å². The highest BCUT2D eigenvalue weighted by molar-refractivity contribution is 6.22. The summed E-state index contributed by atoms with van der Waals surface area (Å²) in [4.78, 5) is 29.1. The molecule has 0 saturated carbocycles. The number of carbonyl (C=O) groups is 2. The highest BCUT2D eigenvalue weighted by Crippen LogP contribution is 2.26. The van der Waals surface area contributed by atoms with Crippen molar-refractivity contribution in [1.29, 1.82) is 0 Å². The summed E-state index contributed by atoms with van der Waals surface area (Å²) in [6.45, 7) is 2.94. The Kier molecular flexibility index (Phi) is 5.92. The molecule has 4 rings (SSSR count). The lowest BCUT2D eigenvalue weighted by atomic mass is 10.0. The van der Waals surface area contributed by atoms with Crippen molar-refractivity contribution in [2.75, 3.05) is 25.1 Å². The Hall–Kier alpha value is -2.70. The molecule has 2 saturated heterocycles. The summed E-state index contributed by atoms with van der Waals surface area (Å²) in [6, 6.07) is 17.3. The topological polar surface area (TPSA) is 61.9 Å². The number of carbonyl (C=O) groups excluding carboxylic acids is 2. The Bertz CT molecular complexity index is 845. The second-order valence-corrected chi connectivity index (χ2v) is 7.72. The molecule has 0 spiro atoms. The van der Waals surface area contributed by atoms with Gasteiger partial charge in [-0.1, -0.05) is 30.3 Å². The Morgan fingerprint density at radius 2 is 1.69 bits per heavy atom. The van der Waals surface area contributed by atoms with Gasteiger partial charge in [-0.15, -0.1) is 0 Å². The highest BCUT2D eigenvalue weighted by atomic mass is 16.5. The summed E-state index contributed by atoms with van der Waals surface area (Å²) < 4.78 is 5.15. The van der Waals surface area contributed by atoms with Gasteiger partial charge >= 0.3 is 0 Å². The second-order valence-electron chi connectivity index (χ2n) is 7.72. The molecule has 6 nitrogen and oxygen atoms in total. The molecule has 1 N–H and O–H groups in total. The highest BCUT2D eigenvalue weighted by Gasteiger charge is 2.40. The minimum atomic E-state index is -0.435. The third-order valence-electron chi connectivity index (χ3n) is 5.75. The molecule has 2 aromatic rings. The van der Waals surface area contributed by atoms with E-state index in [0.29, 0.717) is 11.4 Å². The maximum absolute atomic E-state index is 12.9. The number of rotatable bonds is 6. The molecule has 0 aromatic heterocycles. The fraction of sp³-hybridized carbons (Fsp3) is 0.391. The number of methoxy groups -OCH3 is 1. The van der Waals surface area contributed by atoms with E-state index in [0.717, 1.165) is 32.5 Å². The zero-order valence-electron chi connectivity index (χ0n) is 16.7. The number of anilines is 1. The molecule has 2 aliphatic heterocycles. The molecule has 2 amide bonds. The first-order valence-corrected chi connectivity index (χ1v) is 10.2. The lowest BCUT2D eigenvalue weighted by molar-refractivity contribution is -0.121. The number of amides is 2. The third-order valence-corrected chi connectivity index (χ3v) is 5.75. The molecule has 2 aliphatic rings. The Morgan fingerprint density at radius 3 is 2.34 bits per heavy atom. The number of ether oxygens (including phenoxy) is 1. The lowest BCUT2D eigenvalue weighted by Gasteiger charge is -2.33. The van der Waals surface area contributed by atoms with E-state index >= 15 is 0 Å². The van der Waals surface area contributed by atoms with Crippen molar-refractivity contribution in [3.8, 4) is 5.75 Å². The fourth-order valence-electron chi connectivity index (χ4n) is 4.15. The summed E-state index contributed by atoms with van der Waals surface area (Å²) in [7, 11) is 1.59. The number of hydrogen-bond acceptors (Lipinski definition) is 5. The van der Waals surface area contributed by atoms with Crippen molar-refractivity contribution in [3.05, 3.63) is 60.2 Å². The average molecular weight is 393 g/mol. The Morgan fingerprint density at radius 1 is 1.00 bits per heavy atom. The van der Waals surface area contributed by atoms with Crippen molar-refractivity contribution < 1.29 is 14.3 Å². The zero-order valence-corrected chi connectivity index (χ0v) is 16.7. The van der Waals surface area contributed by atoms with Gasteiger partial charge in [-0.25, -0.2) is 4.90 Å². The van der Waals surface area contributed by atoms with E-state index in [9.17, 15) is 9.59 Å². The predicted molar refractivity (Wildman–Crippen MR) is 112 cm³/mol. The Balaban J connectivity index is 1.31. The number of likely N-dealkylation sites (tertiary alicyclic amines) is 1. The maximum atomic E-state index is 12.9. The SMILES string of the molecule is COc1ccc(N2C(=O)C[C@H](NC3CCN(Cc4ccccc4)CC3)C2=O)cc1. The second kappa shape index (κ2) is 8.76. The minimum Gasteiger partial charge on any atom is -0.497 e. The van der Waals surface area contributed by atoms with Gasteiger partial charge in [-0.05, 0) is 55.8 Å². The van der Waals surface area contributed by atoms with E-state index < -0.39 is 6.04 Å². The number of nitrogens with zero attached hydrogens (tertiary/aromatic N) is 2. The summed E-state index contributed by atoms with van der Waals surface area (Å²) in [5, 5.41) is 3.44. The largest absolute Gasteiger partial charge is 0.497 e. The standard InChI is InChI=1S/C23H27N3O3/c1-29-20-9-7-19(8-10-20)26-22(27)15-21(23(26)28)24-18-11-13-25(14-12-18)16-17-5-3-2-4-6-17/h2-10,18,21,24H,11-16H2,1H3/t21-/m0/s1. The van der Waals surface area contributed by atoms with Crippen LogP contribution in [0.1, 0.15) is 24.8 Å². The van der Waals surface area contributed by atoms with Crippen LogP contribution in [-0.2, 0) is 16.1 Å². The summed E-state index contributed by atoms with van der Waals surface area (Å²) in [6.07, 6.45) is 2.18. The molecule has 29 heavy (non-hydrogen) atoms. The number of piperidine rings is 1. The molecule has 2 fully saturated rings. The average Bonchev–Trinajstić information content (AvgIpc) is 3.03. The lowest BCUT2D eigenvalue weighted by Crippen LogP contribution is -2.48. The van der Waals surface area contributed by atoms with Gasteiger partial charge < -0.3 is 10.1 Å².